The number of hydrogen-bond acceptors (Lipinski definition) is 6. The van der Waals surface area contributed by atoms with Crippen LogP contribution in [0.4, 0.5) is 0 Å². The lowest BCUT2D eigenvalue weighted by Gasteiger charge is -2.38. The lowest BCUT2D eigenvalue weighted by molar-refractivity contribution is 0.149. The lowest BCUT2D eigenvalue weighted by atomic mass is 9.93. The van der Waals surface area contributed by atoms with Gasteiger partial charge in [-0.3, -0.25) is 14.7 Å². The number of likely N-dealkylation sites (tertiary alicyclic amines) is 1. The molecule has 1 fully saturated rings. The third-order valence-corrected chi connectivity index (χ3v) is 9.32. The Morgan fingerprint density at radius 3 is 2.57 bits per heavy atom. The maximum atomic E-state index is 6.33. The molecule has 8 rings (SSSR count). The molecule has 2 atom stereocenters. The van der Waals surface area contributed by atoms with Crippen LogP contribution in [0.25, 0.3) is 33.1 Å². The molecule has 2 aliphatic heterocycles. The van der Waals surface area contributed by atoms with Crippen LogP contribution in [0.1, 0.15) is 71.8 Å². The highest BCUT2D eigenvalue weighted by atomic mass is 16.5. The largest absolute Gasteiger partial charge is 0.473 e. The highest BCUT2D eigenvalue weighted by Crippen LogP contribution is 2.38. The second kappa shape index (κ2) is 14.4. The Kier molecular flexibility index (Phi) is 9.93. The van der Waals surface area contributed by atoms with Gasteiger partial charge in [0.05, 0.1) is 16.7 Å². The quantitative estimate of drug-likeness (QED) is 0.233. The zero-order chi connectivity index (χ0) is 32.0. The van der Waals surface area contributed by atoms with Crippen molar-refractivity contribution in [2.45, 2.75) is 72.3 Å². The zero-order valence-electron chi connectivity index (χ0n) is 28.0. The molecule has 4 heterocycles. The summed E-state index contributed by atoms with van der Waals surface area (Å²) in [6, 6.07) is 13.1. The average molecular weight is 618 g/mol. The van der Waals surface area contributed by atoms with E-state index < -0.39 is 0 Å². The van der Waals surface area contributed by atoms with Gasteiger partial charge >= 0.3 is 0 Å². The van der Waals surface area contributed by atoms with Crippen LogP contribution in [0.15, 0.2) is 88.2 Å². The van der Waals surface area contributed by atoms with Gasteiger partial charge in [0.1, 0.15) is 12.3 Å². The number of nitrogens with one attached hydrogen (secondary N) is 1. The Labute approximate surface area is 272 Å². The Morgan fingerprint density at radius 2 is 1.74 bits per heavy atom. The van der Waals surface area contributed by atoms with E-state index >= 15 is 0 Å². The maximum Gasteiger partial charge on any atom is 0.213 e. The highest BCUT2D eigenvalue weighted by Gasteiger charge is 2.35. The number of piperidine rings is 1. The van der Waals surface area contributed by atoms with Gasteiger partial charge in [-0.15, -0.1) is 10.2 Å². The fourth-order valence-corrected chi connectivity index (χ4v) is 7.21. The number of aromatic amines is 1. The van der Waals surface area contributed by atoms with Crippen LogP contribution in [0.5, 0.6) is 0 Å². The standard InChI is InChI=1S/C34H35N7O.2C2H6/c1-40-19-26-17-24(11-13-29(26)39-40)33-28-18-23(10-14-30(28)35-37-33)31-21-42-34(38-36-31)25-8-6-16-41(20-25)32-15-12-22-7-4-2-3-5-9-27(22)32;2*1-2/h2-5,10-11,13-14,17-19,25,32H,6-9,12,15-16,20-21H2,1H3,(H,35,37);2*1-2H3/b4-2-,5-3?;;/t25-,32?;;/m1../s1. The Hall–Kier alpha value is -4.30. The van der Waals surface area contributed by atoms with E-state index in [1.165, 1.54) is 19.3 Å². The van der Waals surface area contributed by atoms with Gasteiger partial charge in [0, 0.05) is 53.6 Å². The van der Waals surface area contributed by atoms with Crippen molar-refractivity contribution in [2.24, 2.45) is 23.2 Å². The van der Waals surface area contributed by atoms with Gasteiger partial charge in [-0.05, 0) is 74.9 Å². The van der Waals surface area contributed by atoms with Crippen molar-refractivity contribution in [3.8, 4) is 11.3 Å². The molecule has 0 amide bonds. The van der Waals surface area contributed by atoms with Crippen LogP contribution in [-0.2, 0) is 11.8 Å². The molecule has 1 saturated heterocycles. The molecule has 46 heavy (non-hydrogen) atoms. The molecule has 4 aliphatic rings. The molecule has 0 radical (unpaired) electrons. The maximum absolute atomic E-state index is 6.33. The molecular weight excluding hydrogens is 570 g/mol. The van der Waals surface area contributed by atoms with Crippen molar-refractivity contribution in [3.05, 3.63) is 83.6 Å². The summed E-state index contributed by atoms with van der Waals surface area (Å²) in [7, 11) is 1.94. The normalized spacial score (nSPS) is 22.0. The molecular formula is C38H47N7O. The average Bonchev–Trinajstić information content (AvgIpc) is 3.81. The third-order valence-electron chi connectivity index (χ3n) is 9.32. The predicted molar refractivity (Wildman–Crippen MR) is 190 cm³/mol. The first kappa shape index (κ1) is 31.7. The van der Waals surface area contributed by atoms with Gasteiger partial charge in [0.2, 0.25) is 5.90 Å². The topological polar surface area (TPSA) is 83.7 Å². The molecule has 2 aromatic carbocycles. The first-order valence-electron chi connectivity index (χ1n) is 17.2. The molecule has 0 spiro atoms. The Bertz CT molecular complexity index is 1840. The van der Waals surface area contributed by atoms with Gasteiger partial charge in [-0.1, -0.05) is 69.7 Å². The molecule has 240 valence electrons. The number of benzene rings is 2. The summed E-state index contributed by atoms with van der Waals surface area (Å²) in [5.74, 6) is 1.09. The number of allylic oxidation sites excluding steroid dienone is 5. The van der Waals surface area contributed by atoms with Crippen LogP contribution in [-0.4, -0.2) is 62.2 Å². The summed E-state index contributed by atoms with van der Waals surface area (Å²) in [4.78, 5) is 2.69. The minimum Gasteiger partial charge on any atom is -0.473 e. The number of hydrogen-bond donors (Lipinski definition) is 1. The van der Waals surface area contributed by atoms with Crippen LogP contribution < -0.4 is 0 Å². The van der Waals surface area contributed by atoms with Crippen molar-refractivity contribution >= 4 is 33.4 Å². The minimum absolute atomic E-state index is 0.294. The molecule has 2 aliphatic carbocycles. The molecule has 0 saturated carbocycles. The lowest BCUT2D eigenvalue weighted by Crippen LogP contribution is -2.45. The van der Waals surface area contributed by atoms with Crippen LogP contribution in [0.2, 0.25) is 0 Å². The number of fused-ring (bicyclic) bond motifs is 2. The summed E-state index contributed by atoms with van der Waals surface area (Å²) in [6.07, 6.45) is 18.0. The second-order valence-corrected chi connectivity index (χ2v) is 12.0. The van der Waals surface area contributed by atoms with E-state index in [0.717, 1.165) is 82.6 Å². The molecule has 4 aromatic rings. The summed E-state index contributed by atoms with van der Waals surface area (Å²) in [5, 5.41) is 23.8. The van der Waals surface area contributed by atoms with E-state index in [-0.39, 0.29) is 0 Å². The molecule has 8 nitrogen and oxygen atoms in total. The van der Waals surface area contributed by atoms with Crippen molar-refractivity contribution in [1.29, 1.82) is 0 Å². The van der Waals surface area contributed by atoms with Crippen molar-refractivity contribution in [3.63, 3.8) is 0 Å². The Morgan fingerprint density at radius 1 is 0.913 bits per heavy atom. The first-order valence-corrected chi connectivity index (χ1v) is 17.2. The third kappa shape index (κ3) is 6.36. The molecule has 0 bridgehead atoms. The van der Waals surface area contributed by atoms with Crippen molar-refractivity contribution in [1.82, 2.24) is 24.9 Å². The number of aromatic nitrogens is 4. The first-order chi connectivity index (χ1) is 22.7. The number of ether oxygens (including phenoxy) is 1. The molecule has 1 unspecified atom stereocenters. The van der Waals surface area contributed by atoms with E-state index in [1.54, 1.807) is 11.1 Å². The number of rotatable bonds is 4. The van der Waals surface area contributed by atoms with Crippen LogP contribution in [0, 0.1) is 5.92 Å². The van der Waals surface area contributed by atoms with Gasteiger partial charge in [0.15, 0.2) is 0 Å². The van der Waals surface area contributed by atoms with Crippen LogP contribution in [0.3, 0.4) is 0 Å². The summed E-state index contributed by atoms with van der Waals surface area (Å²) < 4.78 is 8.16. The fraction of sp³-hybridized carbons (Fsp3) is 0.421. The van der Waals surface area contributed by atoms with Crippen molar-refractivity contribution in [2.75, 3.05) is 19.7 Å². The summed E-state index contributed by atoms with van der Waals surface area (Å²) in [5.41, 5.74) is 9.11. The van der Waals surface area contributed by atoms with Gasteiger partial charge in [0.25, 0.3) is 0 Å². The van der Waals surface area contributed by atoms with Gasteiger partial charge < -0.3 is 4.74 Å². The highest BCUT2D eigenvalue weighted by molar-refractivity contribution is 6.07. The van der Waals surface area contributed by atoms with Gasteiger partial charge in [-0.25, -0.2) is 0 Å². The molecule has 8 heteroatoms. The number of nitrogens with zero attached hydrogens (tertiary/aromatic N) is 6. The zero-order valence-corrected chi connectivity index (χ0v) is 28.0. The SMILES string of the molecule is CC.CC.Cn1cc2cc(-c3n[nH]c4ccc(C5=NN=C([C@@H]6CCCN(C7CCC8=C7CC=C/C=C\C8)C6)OC5)cc34)ccc2n1. The van der Waals surface area contributed by atoms with E-state index in [0.29, 0.717) is 18.6 Å². The molecule has 1 N–H and O–H groups in total. The van der Waals surface area contributed by atoms with Crippen molar-refractivity contribution < 1.29 is 4.74 Å². The van der Waals surface area contributed by atoms with E-state index in [4.69, 9.17) is 9.84 Å². The smallest absolute Gasteiger partial charge is 0.213 e. The second-order valence-electron chi connectivity index (χ2n) is 12.0. The minimum atomic E-state index is 0.294. The van der Waals surface area contributed by atoms with E-state index in [2.05, 4.69) is 79.9 Å². The van der Waals surface area contributed by atoms with E-state index in [1.807, 2.05) is 51.7 Å². The predicted octanol–water partition coefficient (Wildman–Crippen LogP) is 8.38. The fourth-order valence-electron chi connectivity index (χ4n) is 7.21. The number of H-pyrrole nitrogens is 1. The summed E-state index contributed by atoms with van der Waals surface area (Å²) in [6.45, 7) is 10.6. The monoisotopic (exact) mass is 617 g/mol. The van der Waals surface area contributed by atoms with Crippen LogP contribution >= 0.6 is 0 Å². The number of aryl methyl sites for hydroxylation is 1. The Balaban J connectivity index is 0.000000896. The summed E-state index contributed by atoms with van der Waals surface area (Å²) >= 11 is 0. The van der Waals surface area contributed by atoms with Gasteiger partial charge in [-0.2, -0.15) is 10.2 Å². The van der Waals surface area contributed by atoms with E-state index in [9.17, 15) is 0 Å². The molecule has 2 aromatic heterocycles.